The maximum Gasteiger partial charge on any atom is 0.0889 e. The zero-order valence-electron chi connectivity index (χ0n) is 10.1. The quantitative estimate of drug-likeness (QED) is 0.720. The molecule has 4 heteroatoms. The van der Waals surface area contributed by atoms with E-state index in [2.05, 4.69) is 5.10 Å². The molecule has 0 fully saturated rings. The summed E-state index contributed by atoms with van der Waals surface area (Å²) in [5.74, 6) is 0. The Labute approximate surface area is 116 Å². The fourth-order valence-corrected chi connectivity index (χ4v) is 2.12. The molecule has 3 nitrogen and oxygen atoms in total. The topological polar surface area (TPSA) is 43.8 Å². The van der Waals surface area contributed by atoms with Crippen molar-refractivity contribution in [3.8, 4) is 16.8 Å². The van der Waals surface area contributed by atoms with Crippen LogP contribution in [0.4, 0.5) is 5.69 Å². The van der Waals surface area contributed by atoms with Crippen molar-refractivity contribution in [3.05, 3.63) is 65.9 Å². The van der Waals surface area contributed by atoms with Crippen LogP contribution in [-0.2, 0) is 0 Å². The van der Waals surface area contributed by atoms with Gasteiger partial charge in [-0.2, -0.15) is 5.10 Å². The molecule has 94 valence electrons. The molecule has 2 aromatic carbocycles. The molecule has 19 heavy (non-hydrogen) atoms. The first-order chi connectivity index (χ1) is 9.24. The van der Waals surface area contributed by atoms with Gasteiger partial charge in [0.15, 0.2) is 0 Å². The van der Waals surface area contributed by atoms with Crippen molar-refractivity contribution in [2.75, 3.05) is 5.73 Å². The van der Waals surface area contributed by atoms with Crippen molar-refractivity contribution < 1.29 is 0 Å². The summed E-state index contributed by atoms with van der Waals surface area (Å²) in [7, 11) is 0. The largest absolute Gasteiger partial charge is 0.397 e. The number of rotatable bonds is 2. The van der Waals surface area contributed by atoms with Gasteiger partial charge in [-0.05, 0) is 23.8 Å². The molecule has 0 atom stereocenters. The average Bonchev–Trinajstić information content (AvgIpc) is 2.92. The van der Waals surface area contributed by atoms with Gasteiger partial charge in [0.2, 0.25) is 0 Å². The van der Waals surface area contributed by atoms with Crippen LogP contribution in [0.5, 0.6) is 0 Å². The highest BCUT2D eigenvalue weighted by molar-refractivity contribution is 6.30. The first kappa shape index (κ1) is 11.8. The van der Waals surface area contributed by atoms with Gasteiger partial charge in [-0.15, -0.1) is 0 Å². The minimum Gasteiger partial charge on any atom is -0.397 e. The van der Waals surface area contributed by atoms with Crippen molar-refractivity contribution in [3.63, 3.8) is 0 Å². The fourth-order valence-electron chi connectivity index (χ4n) is 1.95. The minimum atomic E-state index is 0.640. The van der Waals surface area contributed by atoms with Crippen LogP contribution in [0.15, 0.2) is 60.9 Å². The first-order valence-corrected chi connectivity index (χ1v) is 6.27. The highest BCUT2D eigenvalue weighted by atomic mass is 35.5. The van der Waals surface area contributed by atoms with Crippen molar-refractivity contribution in [1.29, 1.82) is 0 Å². The van der Waals surface area contributed by atoms with E-state index in [-0.39, 0.29) is 0 Å². The predicted molar refractivity (Wildman–Crippen MR) is 78.4 cm³/mol. The SMILES string of the molecule is Nc1ccc(Cl)cc1-n1cc(-c2ccccc2)cn1. The van der Waals surface area contributed by atoms with Crippen molar-refractivity contribution in [2.24, 2.45) is 0 Å². The fraction of sp³-hybridized carbons (Fsp3) is 0. The Kier molecular flexibility index (Phi) is 2.97. The number of nitrogens with two attached hydrogens (primary N) is 1. The zero-order chi connectivity index (χ0) is 13.2. The molecule has 1 aromatic heterocycles. The average molecular weight is 270 g/mol. The van der Waals surface area contributed by atoms with Crippen LogP contribution in [0.2, 0.25) is 5.02 Å². The van der Waals surface area contributed by atoms with Gasteiger partial charge < -0.3 is 5.73 Å². The molecule has 3 rings (SSSR count). The molecule has 1 heterocycles. The van der Waals surface area contributed by atoms with Gasteiger partial charge in [0.25, 0.3) is 0 Å². The third-order valence-corrected chi connectivity index (χ3v) is 3.16. The van der Waals surface area contributed by atoms with Crippen LogP contribution >= 0.6 is 11.6 Å². The summed E-state index contributed by atoms with van der Waals surface area (Å²) < 4.78 is 1.74. The molecular weight excluding hydrogens is 258 g/mol. The standard InChI is InChI=1S/C15H12ClN3/c16-13-6-7-14(17)15(8-13)19-10-12(9-18-19)11-4-2-1-3-5-11/h1-10H,17H2. The molecule has 0 spiro atoms. The third kappa shape index (κ3) is 2.33. The van der Waals surface area contributed by atoms with Crippen LogP contribution in [0.25, 0.3) is 16.8 Å². The van der Waals surface area contributed by atoms with Crippen molar-refractivity contribution in [1.82, 2.24) is 9.78 Å². The smallest absolute Gasteiger partial charge is 0.0889 e. The van der Waals surface area contributed by atoms with E-state index >= 15 is 0 Å². The van der Waals surface area contributed by atoms with E-state index < -0.39 is 0 Å². The Morgan fingerprint density at radius 1 is 1.00 bits per heavy atom. The van der Waals surface area contributed by atoms with E-state index in [1.165, 1.54) is 0 Å². The lowest BCUT2D eigenvalue weighted by atomic mass is 10.1. The predicted octanol–water partition coefficient (Wildman–Crippen LogP) is 3.77. The summed E-state index contributed by atoms with van der Waals surface area (Å²) in [6, 6.07) is 15.4. The highest BCUT2D eigenvalue weighted by Gasteiger charge is 2.06. The van der Waals surface area contributed by atoms with Crippen LogP contribution in [0, 0.1) is 0 Å². The van der Waals surface area contributed by atoms with Gasteiger partial charge in [-0.3, -0.25) is 0 Å². The zero-order valence-corrected chi connectivity index (χ0v) is 10.9. The van der Waals surface area contributed by atoms with E-state index in [0.717, 1.165) is 16.8 Å². The summed E-state index contributed by atoms with van der Waals surface area (Å²) in [6.07, 6.45) is 3.76. The maximum atomic E-state index is 5.99. The van der Waals surface area contributed by atoms with Gasteiger partial charge in [-0.1, -0.05) is 41.9 Å². The molecule has 0 amide bonds. The highest BCUT2D eigenvalue weighted by Crippen LogP contribution is 2.24. The Bertz CT molecular complexity index is 704. The molecule has 0 saturated heterocycles. The molecule has 2 N–H and O–H groups in total. The molecule has 3 aromatic rings. The van der Waals surface area contributed by atoms with Crippen molar-refractivity contribution >= 4 is 17.3 Å². The first-order valence-electron chi connectivity index (χ1n) is 5.89. The lowest BCUT2D eigenvalue weighted by Gasteiger charge is -2.05. The lowest BCUT2D eigenvalue weighted by Crippen LogP contribution is -1.99. The molecule has 0 bridgehead atoms. The van der Waals surface area contributed by atoms with Crippen LogP contribution in [-0.4, -0.2) is 9.78 Å². The number of benzene rings is 2. The van der Waals surface area contributed by atoms with Crippen LogP contribution < -0.4 is 5.73 Å². The monoisotopic (exact) mass is 269 g/mol. The number of nitrogens with zero attached hydrogens (tertiary/aromatic N) is 2. The van der Waals surface area contributed by atoms with Gasteiger partial charge in [0.05, 0.1) is 17.6 Å². The van der Waals surface area contributed by atoms with Gasteiger partial charge in [0.1, 0.15) is 0 Å². The summed E-state index contributed by atoms with van der Waals surface area (Å²) in [6.45, 7) is 0. The van der Waals surface area contributed by atoms with E-state index in [1.54, 1.807) is 22.9 Å². The molecule has 0 aliphatic rings. The normalized spacial score (nSPS) is 10.6. The summed E-state index contributed by atoms with van der Waals surface area (Å²) in [5.41, 5.74) is 9.54. The van der Waals surface area contributed by atoms with Crippen LogP contribution in [0.3, 0.4) is 0 Å². The van der Waals surface area contributed by atoms with Crippen LogP contribution in [0.1, 0.15) is 0 Å². The number of halogens is 1. The van der Waals surface area contributed by atoms with Gasteiger partial charge in [0, 0.05) is 16.8 Å². The number of anilines is 1. The Morgan fingerprint density at radius 3 is 2.58 bits per heavy atom. The number of aromatic nitrogens is 2. The number of nitrogen functional groups attached to an aromatic ring is 1. The number of hydrogen-bond acceptors (Lipinski definition) is 2. The summed E-state index contributed by atoms with van der Waals surface area (Å²) >= 11 is 5.99. The molecule has 0 aliphatic heterocycles. The molecule has 0 aliphatic carbocycles. The second kappa shape index (κ2) is 4.78. The van der Waals surface area contributed by atoms with E-state index in [4.69, 9.17) is 17.3 Å². The summed E-state index contributed by atoms with van der Waals surface area (Å²) in [5, 5.41) is 4.98. The molecular formula is C15H12ClN3. The molecule has 0 unspecified atom stereocenters. The van der Waals surface area contributed by atoms with E-state index in [0.29, 0.717) is 10.7 Å². The minimum absolute atomic E-state index is 0.640. The van der Waals surface area contributed by atoms with E-state index in [9.17, 15) is 0 Å². The van der Waals surface area contributed by atoms with E-state index in [1.807, 2.05) is 42.7 Å². The lowest BCUT2D eigenvalue weighted by molar-refractivity contribution is 0.883. The Morgan fingerprint density at radius 2 is 1.79 bits per heavy atom. The van der Waals surface area contributed by atoms with Gasteiger partial charge >= 0.3 is 0 Å². The van der Waals surface area contributed by atoms with Crippen molar-refractivity contribution in [2.45, 2.75) is 0 Å². The third-order valence-electron chi connectivity index (χ3n) is 2.93. The molecule has 0 saturated carbocycles. The Balaban J connectivity index is 2.04. The Hall–Kier alpha value is -2.26. The maximum absolute atomic E-state index is 5.99. The number of hydrogen-bond donors (Lipinski definition) is 1. The van der Waals surface area contributed by atoms with Gasteiger partial charge in [-0.25, -0.2) is 4.68 Å². The second-order valence-electron chi connectivity index (χ2n) is 4.24. The second-order valence-corrected chi connectivity index (χ2v) is 4.68. The molecule has 0 radical (unpaired) electrons. The summed E-state index contributed by atoms with van der Waals surface area (Å²) in [4.78, 5) is 0.